The van der Waals surface area contributed by atoms with Gasteiger partial charge in [-0.1, -0.05) is 45.9 Å². The number of aromatic nitrogens is 5. The molecule has 130 valence electrons. The lowest BCUT2D eigenvalue weighted by Gasteiger charge is -2.08. The minimum Gasteiger partial charge on any atom is -0.420 e. The molecule has 4 rings (SSSR count). The summed E-state index contributed by atoms with van der Waals surface area (Å²) < 4.78 is 8.73. The summed E-state index contributed by atoms with van der Waals surface area (Å²) in [4.78, 5) is 0. The molecule has 0 spiro atoms. The molecule has 0 radical (unpaired) electrons. The maximum Gasteiger partial charge on any atom is 0.247 e. The van der Waals surface area contributed by atoms with Gasteiger partial charge in [0.05, 0.1) is 11.4 Å². The van der Waals surface area contributed by atoms with Crippen LogP contribution in [0.4, 0.5) is 0 Å². The molecule has 2 aromatic carbocycles. The molecule has 8 heteroatoms. The van der Waals surface area contributed by atoms with Crippen molar-refractivity contribution in [2.24, 2.45) is 0 Å². The van der Waals surface area contributed by atoms with Gasteiger partial charge >= 0.3 is 0 Å². The summed E-state index contributed by atoms with van der Waals surface area (Å²) in [6.45, 7) is 2.06. The van der Waals surface area contributed by atoms with E-state index in [9.17, 15) is 0 Å². The Morgan fingerprint density at radius 1 is 1.04 bits per heavy atom. The second-order valence-corrected chi connectivity index (χ2v) is 7.42. The maximum atomic E-state index is 5.76. The molecule has 0 aliphatic carbocycles. The summed E-state index contributed by atoms with van der Waals surface area (Å²) in [6.07, 6.45) is 1.71. The van der Waals surface area contributed by atoms with Gasteiger partial charge in [-0.25, -0.2) is 0 Å². The number of aryl methyl sites for hydroxylation is 1. The Balaban J connectivity index is 1.50. The summed E-state index contributed by atoms with van der Waals surface area (Å²) in [5.41, 5.74) is 3.10. The van der Waals surface area contributed by atoms with E-state index in [0.29, 0.717) is 17.5 Å². The molecule has 2 aromatic heterocycles. The summed E-state index contributed by atoms with van der Waals surface area (Å²) in [5.74, 6) is 1.58. The van der Waals surface area contributed by atoms with Gasteiger partial charge < -0.3 is 4.42 Å². The van der Waals surface area contributed by atoms with Crippen LogP contribution in [0.15, 0.2) is 68.9 Å². The van der Waals surface area contributed by atoms with Crippen LogP contribution in [0.25, 0.3) is 17.1 Å². The van der Waals surface area contributed by atoms with Gasteiger partial charge in [0.25, 0.3) is 0 Å². The van der Waals surface area contributed by atoms with E-state index >= 15 is 0 Å². The highest BCUT2D eigenvalue weighted by Crippen LogP contribution is 2.26. The lowest BCUT2D eigenvalue weighted by Crippen LogP contribution is -1.97. The summed E-state index contributed by atoms with van der Waals surface area (Å²) in [6, 6.07) is 15.9. The van der Waals surface area contributed by atoms with E-state index in [2.05, 4.69) is 49.3 Å². The van der Waals surface area contributed by atoms with Gasteiger partial charge in [-0.2, -0.15) is 0 Å². The van der Waals surface area contributed by atoms with Crippen LogP contribution in [0.2, 0.25) is 0 Å². The third-order valence-corrected chi connectivity index (χ3v) is 5.23. The van der Waals surface area contributed by atoms with Crippen LogP contribution in [0, 0.1) is 6.92 Å². The fraction of sp³-hybridized carbons (Fsp3) is 0.111. The number of nitrogens with zero attached hydrogens (tertiary/aromatic N) is 5. The van der Waals surface area contributed by atoms with Crippen LogP contribution in [0.5, 0.6) is 0 Å². The first-order chi connectivity index (χ1) is 12.7. The van der Waals surface area contributed by atoms with Crippen molar-refractivity contribution in [2.75, 3.05) is 0 Å². The van der Waals surface area contributed by atoms with E-state index in [4.69, 9.17) is 4.42 Å². The summed E-state index contributed by atoms with van der Waals surface area (Å²) in [7, 11) is 0. The molecule has 0 unspecified atom stereocenters. The normalized spacial score (nSPS) is 11.0. The molecular weight excluding hydrogens is 414 g/mol. The number of rotatable bonds is 5. The van der Waals surface area contributed by atoms with Gasteiger partial charge in [0.2, 0.25) is 11.8 Å². The Morgan fingerprint density at radius 3 is 2.65 bits per heavy atom. The van der Waals surface area contributed by atoms with E-state index in [1.54, 1.807) is 6.33 Å². The van der Waals surface area contributed by atoms with E-state index < -0.39 is 0 Å². The highest BCUT2D eigenvalue weighted by Gasteiger charge is 2.13. The van der Waals surface area contributed by atoms with E-state index in [1.807, 2.05) is 47.0 Å². The second-order valence-electron chi connectivity index (χ2n) is 5.57. The topological polar surface area (TPSA) is 69.6 Å². The maximum absolute atomic E-state index is 5.76. The first-order valence-corrected chi connectivity index (χ1v) is 9.66. The molecule has 0 saturated heterocycles. The van der Waals surface area contributed by atoms with E-state index in [1.165, 1.54) is 11.8 Å². The Labute approximate surface area is 162 Å². The third kappa shape index (κ3) is 3.56. The molecule has 0 N–H and O–H groups in total. The third-order valence-electron chi connectivity index (χ3n) is 3.77. The van der Waals surface area contributed by atoms with Crippen molar-refractivity contribution in [3.63, 3.8) is 0 Å². The Hall–Kier alpha value is -2.45. The largest absolute Gasteiger partial charge is 0.420 e. The van der Waals surface area contributed by atoms with Crippen molar-refractivity contribution < 1.29 is 4.42 Å². The minimum atomic E-state index is 0.508. The average molecular weight is 428 g/mol. The van der Waals surface area contributed by atoms with Crippen LogP contribution in [0.1, 0.15) is 11.5 Å². The molecule has 0 aliphatic rings. The lowest BCUT2D eigenvalue weighted by atomic mass is 10.2. The quantitative estimate of drug-likeness (QED) is 0.430. The summed E-state index contributed by atoms with van der Waals surface area (Å²) >= 11 is 4.92. The van der Waals surface area contributed by atoms with Crippen LogP contribution in [-0.4, -0.2) is 25.0 Å². The standard InChI is InChI=1S/C18H14BrN5OS/c1-12-4-2-3-5-15(12)24-11-20-23-18(24)26-10-16-21-22-17(25-16)13-6-8-14(19)9-7-13/h2-9,11H,10H2,1H3. The highest BCUT2D eigenvalue weighted by molar-refractivity contribution is 9.10. The van der Waals surface area contributed by atoms with Gasteiger partial charge in [-0.3, -0.25) is 4.57 Å². The van der Waals surface area contributed by atoms with Gasteiger partial charge in [0, 0.05) is 10.0 Å². The molecule has 2 heterocycles. The first-order valence-electron chi connectivity index (χ1n) is 7.88. The SMILES string of the molecule is Cc1ccccc1-n1cnnc1SCc1nnc(-c2ccc(Br)cc2)o1. The fourth-order valence-corrected chi connectivity index (χ4v) is 3.49. The lowest BCUT2D eigenvalue weighted by molar-refractivity contribution is 0.528. The van der Waals surface area contributed by atoms with E-state index in [-0.39, 0.29) is 0 Å². The molecule has 4 aromatic rings. The van der Waals surface area contributed by atoms with E-state index in [0.717, 1.165) is 26.4 Å². The number of para-hydroxylation sites is 1. The summed E-state index contributed by atoms with van der Waals surface area (Å²) in [5, 5.41) is 17.3. The molecule has 0 bridgehead atoms. The predicted octanol–water partition coefficient (Wildman–Crippen LogP) is 4.68. The molecular formula is C18H14BrN5OS. The zero-order valence-corrected chi connectivity index (χ0v) is 16.2. The molecule has 0 fully saturated rings. The van der Waals surface area contributed by atoms with Crippen molar-refractivity contribution in [1.82, 2.24) is 25.0 Å². The molecule has 6 nitrogen and oxygen atoms in total. The van der Waals surface area contributed by atoms with Crippen molar-refractivity contribution in [1.29, 1.82) is 0 Å². The Morgan fingerprint density at radius 2 is 1.85 bits per heavy atom. The van der Waals surface area contributed by atoms with Gasteiger partial charge in [-0.15, -0.1) is 20.4 Å². The van der Waals surface area contributed by atoms with Crippen LogP contribution >= 0.6 is 27.7 Å². The van der Waals surface area contributed by atoms with Gasteiger partial charge in [0.15, 0.2) is 5.16 Å². The van der Waals surface area contributed by atoms with Crippen LogP contribution in [0.3, 0.4) is 0 Å². The smallest absolute Gasteiger partial charge is 0.247 e. The second kappa shape index (κ2) is 7.43. The molecule has 0 aliphatic heterocycles. The fourth-order valence-electron chi connectivity index (χ4n) is 2.47. The number of halogens is 1. The number of hydrogen-bond acceptors (Lipinski definition) is 6. The zero-order chi connectivity index (χ0) is 17.9. The zero-order valence-electron chi connectivity index (χ0n) is 13.8. The van der Waals surface area contributed by atoms with Crippen LogP contribution < -0.4 is 0 Å². The average Bonchev–Trinajstić information content (AvgIpc) is 3.30. The van der Waals surface area contributed by atoms with Crippen molar-refractivity contribution in [3.8, 4) is 17.1 Å². The van der Waals surface area contributed by atoms with Gasteiger partial charge in [-0.05, 0) is 42.8 Å². The predicted molar refractivity (Wildman–Crippen MR) is 103 cm³/mol. The molecule has 0 atom stereocenters. The van der Waals surface area contributed by atoms with Gasteiger partial charge in [0.1, 0.15) is 6.33 Å². The van der Waals surface area contributed by atoms with Crippen molar-refractivity contribution >= 4 is 27.7 Å². The number of hydrogen-bond donors (Lipinski definition) is 0. The van der Waals surface area contributed by atoms with Crippen molar-refractivity contribution in [3.05, 3.63) is 70.8 Å². The first kappa shape index (κ1) is 17.0. The highest BCUT2D eigenvalue weighted by atomic mass is 79.9. The van der Waals surface area contributed by atoms with Crippen LogP contribution in [-0.2, 0) is 5.75 Å². The number of thioether (sulfide) groups is 1. The molecule has 26 heavy (non-hydrogen) atoms. The Kier molecular flexibility index (Phi) is 4.85. The minimum absolute atomic E-state index is 0.508. The number of benzene rings is 2. The molecule has 0 amide bonds. The monoisotopic (exact) mass is 427 g/mol. The van der Waals surface area contributed by atoms with Crippen molar-refractivity contribution in [2.45, 2.75) is 17.8 Å². The Bertz CT molecular complexity index is 1030. The molecule has 0 saturated carbocycles.